The average Bonchev–Trinajstić information content (AvgIpc) is 3.12. The van der Waals surface area contributed by atoms with Crippen molar-refractivity contribution in [2.75, 3.05) is 9.80 Å². The summed E-state index contributed by atoms with van der Waals surface area (Å²) >= 11 is 7.30. The molecule has 3 heteroatoms. The van der Waals surface area contributed by atoms with Crippen molar-refractivity contribution in [2.24, 2.45) is 0 Å². The summed E-state index contributed by atoms with van der Waals surface area (Å²) in [5.74, 6) is 0. The number of hydrogen-bond donors (Lipinski definition) is 0. The van der Waals surface area contributed by atoms with Crippen molar-refractivity contribution >= 4 is 45.7 Å². The van der Waals surface area contributed by atoms with E-state index in [1.54, 1.807) is 0 Å². The van der Waals surface area contributed by atoms with Crippen LogP contribution < -0.4 is 9.80 Å². The molecule has 0 fully saturated rings. The standard InChI is InChI=1S/C54H67ClN2/c1-49(2,3)36-15-19-39(20-16-36)56(40-21-17-37(18-22-40)50(4,5)6)43-31-38(55)32-44(33-43)57(41-23-25-45-47(34-41)53(11,12)29-27-51(45,7)8)42-24-26-46-48(35-42)54(13,14)30-28-52(46,9)10/h15-26,31-35H,27-30H2,1-14H3. The maximum atomic E-state index is 7.30. The van der Waals surface area contributed by atoms with Gasteiger partial charge in [0.25, 0.3) is 0 Å². The second kappa shape index (κ2) is 14.1. The number of fused-ring (bicyclic) bond motifs is 2. The second-order valence-electron chi connectivity index (χ2n) is 21.9. The van der Waals surface area contributed by atoms with Crippen molar-refractivity contribution in [1.29, 1.82) is 0 Å². The molecule has 0 spiro atoms. The SMILES string of the molecule is CC(C)(C)c1ccc(N(c2ccc(C(C)(C)C)cc2)c2cc(Cl)cc(N(c3ccc4c(c3)C(C)(C)CCC4(C)C)c3ccc4c(c3)C(C)(C)CCC4(C)C)c2)cc1. The first-order chi connectivity index (χ1) is 26.4. The predicted molar refractivity (Wildman–Crippen MR) is 249 cm³/mol. The molecule has 2 aliphatic carbocycles. The van der Waals surface area contributed by atoms with E-state index in [9.17, 15) is 0 Å². The first kappa shape index (κ1) is 41.2. The molecule has 0 radical (unpaired) electrons. The molecule has 0 bridgehead atoms. The number of halogens is 1. The zero-order chi connectivity index (χ0) is 41.5. The molecule has 5 aromatic carbocycles. The number of anilines is 6. The highest BCUT2D eigenvalue weighted by molar-refractivity contribution is 6.31. The molecule has 0 amide bonds. The molecule has 57 heavy (non-hydrogen) atoms. The van der Waals surface area contributed by atoms with Crippen LogP contribution in [0.15, 0.2) is 103 Å². The van der Waals surface area contributed by atoms with Crippen LogP contribution in [0, 0.1) is 0 Å². The van der Waals surface area contributed by atoms with E-state index in [2.05, 4.69) is 210 Å². The van der Waals surface area contributed by atoms with Crippen LogP contribution in [-0.4, -0.2) is 0 Å². The van der Waals surface area contributed by atoms with Crippen molar-refractivity contribution in [1.82, 2.24) is 0 Å². The van der Waals surface area contributed by atoms with E-state index in [4.69, 9.17) is 11.6 Å². The molecule has 2 aliphatic rings. The molecule has 0 N–H and O–H groups in total. The molecule has 7 rings (SSSR count). The fourth-order valence-electron chi connectivity index (χ4n) is 9.36. The third kappa shape index (κ3) is 7.93. The summed E-state index contributed by atoms with van der Waals surface area (Å²) in [5, 5.41) is 0.703. The van der Waals surface area contributed by atoms with Gasteiger partial charge in [-0.05, 0) is 158 Å². The number of nitrogens with zero attached hydrogens (tertiary/aromatic N) is 2. The zero-order valence-corrected chi connectivity index (χ0v) is 38.2. The Hall–Kier alpha value is -4.01. The lowest BCUT2D eigenvalue weighted by molar-refractivity contribution is 0.332. The third-order valence-corrected chi connectivity index (χ3v) is 13.8. The summed E-state index contributed by atoms with van der Waals surface area (Å²) in [7, 11) is 0. The Balaban J connectivity index is 1.46. The van der Waals surface area contributed by atoms with E-state index in [1.165, 1.54) is 46.2 Å². The first-order valence-electron chi connectivity index (χ1n) is 21.3. The molecule has 0 aliphatic heterocycles. The summed E-state index contributed by atoms with van der Waals surface area (Å²) in [5.41, 5.74) is 15.5. The van der Waals surface area contributed by atoms with Gasteiger partial charge in [0.1, 0.15) is 0 Å². The van der Waals surface area contributed by atoms with Crippen LogP contribution in [0.25, 0.3) is 0 Å². The van der Waals surface area contributed by atoms with Crippen LogP contribution in [0.5, 0.6) is 0 Å². The molecule has 0 saturated heterocycles. The fraction of sp³-hybridized carbons (Fsp3) is 0.444. The molecular formula is C54H67ClN2. The third-order valence-electron chi connectivity index (χ3n) is 13.6. The van der Waals surface area contributed by atoms with Crippen LogP contribution in [0.1, 0.15) is 156 Å². The number of benzene rings is 5. The lowest BCUT2D eigenvalue weighted by Gasteiger charge is -2.43. The highest BCUT2D eigenvalue weighted by atomic mass is 35.5. The van der Waals surface area contributed by atoms with Crippen LogP contribution in [0.3, 0.4) is 0 Å². The van der Waals surface area contributed by atoms with Crippen LogP contribution in [-0.2, 0) is 32.5 Å². The number of hydrogen-bond acceptors (Lipinski definition) is 2. The minimum absolute atomic E-state index is 0.0543. The second-order valence-corrected chi connectivity index (χ2v) is 22.4. The normalized spacial score (nSPS) is 18.0. The summed E-state index contributed by atoms with van der Waals surface area (Å²) in [6.45, 7) is 32.9. The zero-order valence-electron chi connectivity index (χ0n) is 37.4. The molecule has 0 unspecified atom stereocenters. The Morgan fingerprint density at radius 2 is 0.667 bits per heavy atom. The van der Waals surface area contributed by atoms with Gasteiger partial charge in [0.05, 0.1) is 0 Å². The van der Waals surface area contributed by atoms with Crippen molar-refractivity contribution in [3.05, 3.63) is 142 Å². The van der Waals surface area contributed by atoms with Gasteiger partial charge in [-0.2, -0.15) is 0 Å². The summed E-state index contributed by atoms with van der Waals surface area (Å²) in [4.78, 5) is 4.83. The maximum Gasteiger partial charge on any atom is 0.0497 e. The topological polar surface area (TPSA) is 6.48 Å². The van der Waals surface area contributed by atoms with Gasteiger partial charge < -0.3 is 9.80 Å². The highest BCUT2D eigenvalue weighted by Crippen LogP contribution is 2.51. The van der Waals surface area contributed by atoms with E-state index < -0.39 is 0 Å². The Morgan fingerprint density at radius 1 is 0.368 bits per heavy atom. The van der Waals surface area contributed by atoms with Gasteiger partial charge in [0.15, 0.2) is 0 Å². The van der Waals surface area contributed by atoms with Gasteiger partial charge in [-0.25, -0.2) is 0 Å². The van der Waals surface area contributed by atoms with Crippen LogP contribution in [0.2, 0.25) is 5.02 Å². The van der Waals surface area contributed by atoms with Crippen molar-refractivity contribution in [2.45, 2.75) is 155 Å². The molecule has 0 atom stereocenters. The monoisotopic (exact) mass is 778 g/mol. The van der Waals surface area contributed by atoms with Gasteiger partial charge >= 0.3 is 0 Å². The van der Waals surface area contributed by atoms with Gasteiger partial charge in [-0.15, -0.1) is 0 Å². The van der Waals surface area contributed by atoms with Crippen LogP contribution in [0.4, 0.5) is 34.1 Å². The Kier molecular flexibility index (Phi) is 10.2. The molecule has 0 saturated carbocycles. The molecule has 2 nitrogen and oxygen atoms in total. The maximum absolute atomic E-state index is 7.30. The fourth-order valence-corrected chi connectivity index (χ4v) is 9.59. The molecule has 0 aromatic heterocycles. The van der Waals surface area contributed by atoms with E-state index in [0.717, 1.165) is 47.0 Å². The Morgan fingerprint density at radius 3 is 1.00 bits per heavy atom. The van der Waals surface area contributed by atoms with Gasteiger partial charge in [0.2, 0.25) is 0 Å². The highest BCUT2D eigenvalue weighted by Gasteiger charge is 2.39. The molecule has 300 valence electrons. The van der Waals surface area contributed by atoms with E-state index >= 15 is 0 Å². The van der Waals surface area contributed by atoms with Crippen molar-refractivity contribution < 1.29 is 0 Å². The minimum Gasteiger partial charge on any atom is -0.310 e. The lowest BCUT2D eigenvalue weighted by Crippen LogP contribution is -2.34. The van der Waals surface area contributed by atoms with Crippen LogP contribution >= 0.6 is 11.6 Å². The van der Waals surface area contributed by atoms with E-state index in [1.807, 2.05) is 0 Å². The smallest absolute Gasteiger partial charge is 0.0497 e. The van der Waals surface area contributed by atoms with Crippen molar-refractivity contribution in [3.8, 4) is 0 Å². The minimum atomic E-state index is 0.0543. The largest absolute Gasteiger partial charge is 0.310 e. The summed E-state index contributed by atoms with van der Waals surface area (Å²) < 4.78 is 0. The van der Waals surface area contributed by atoms with Crippen molar-refractivity contribution in [3.63, 3.8) is 0 Å². The van der Waals surface area contributed by atoms with Gasteiger partial charge in [-0.1, -0.05) is 145 Å². The summed E-state index contributed by atoms with van der Waals surface area (Å²) in [6.07, 6.45) is 4.70. The summed E-state index contributed by atoms with van der Waals surface area (Å²) in [6, 6.07) is 39.3. The van der Waals surface area contributed by atoms with E-state index in [0.29, 0.717) is 5.02 Å². The quantitative estimate of drug-likeness (QED) is 0.169. The first-order valence-corrected chi connectivity index (χ1v) is 21.7. The average molecular weight is 780 g/mol. The van der Waals surface area contributed by atoms with Gasteiger partial charge in [-0.3, -0.25) is 0 Å². The molecular weight excluding hydrogens is 712 g/mol. The number of rotatable bonds is 6. The Labute approximate surface area is 350 Å². The Bertz CT molecular complexity index is 2140. The lowest BCUT2D eigenvalue weighted by atomic mass is 9.63. The molecule has 5 aromatic rings. The van der Waals surface area contributed by atoms with Gasteiger partial charge in [0, 0.05) is 39.1 Å². The van der Waals surface area contributed by atoms with E-state index in [-0.39, 0.29) is 32.5 Å². The molecule has 0 heterocycles. The predicted octanol–water partition coefficient (Wildman–Crippen LogP) is 16.6.